The summed E-state index contributed by atoms with van der Waals surface area (Å²) < 4.78 is 0. The van der Waals surface area contributed by atoms with Gasteiger partial charge >= 0.3 is 0 Å². The third-order valence-electron chi connectivity index (χ3n) is 5.81. The van der Waals surface area contributed by atoms with Gasteiger partial charge in [0.1, 0.15) is 5.69 Å². The fourth-order valence-electron chi connectivity index (χ4n) is 4.08. The number of aromatic nitrogens is 3. The number of hydrogen-bond donors (Lipinski definition) is 2. The lowest BCUT2D eigenvalue weighted by molar-refractivity contribution is -0.131. The van der Waals surface area contributed by atoms with Crippen molar-refractivity contribution in [2.45, 2.75) is 32.1 Å². The number of nitrogens with one attached hydrogen (secondary N) is 2. The summed E-state index contributed by atoms with van der Waals surface area (Å²) in [5, 5.41) is 7.28. The summed E-state index contributed by atoms with van der Waals surface area (Å²) in [6.07, 6.45) is 5.80. The topological polar surface area (TPSA) is 91.0 Å². The standard InChI is InChI=1S/C23H23N5O2S2/c1-14-11-25-23(32-14)27-21(30)19-13-31-22(26-19)15-6-8-28(9-7-15)20(29)10-16-12-24-18-5-3-2-4-17(16)18/h2-5,11-13,15,24H,6-10H2,1H3,(H,25,27,30). The molecule has 4 heterocycles. The molecule has 2 N–H and O–H groups in total. The van der Waals surface area contributed by atoms with Crippen LogP contribution in [0.1, 0.15) is 44.7 Å². The van der Waals surface area contributed by atoms with Gasteiger partial charge < -0.3 is 9.88 Å². The number of H-pyrrole nitrogens is 1. The number of nitrogens with zero attached hydrogens (tertiary/aromatic N) is 3. The van der Waals surface area contributed by atoms with E-state index in [9.17, 15) is 9.59 Å². The Kier molecular flexibility index (Phi) is 5.75. The number of benzene rings is 1. The lowest BCUT2D eigenvalue weighted by atomic mass is 9.97. The number of carbonyl (C=O) groups excluding carboxylic acids is 2. The van der Waals surface area contributed by atoms with Crippen LogP contribution in [0.4, 0.5) is 5.13 Å². The van der Waals surface area contributed by atoms with E-state index in [4.69, 9.17) is 0 Å². The first-order valence-corrected chi connectivity index (χ1v) is 12.3. The minimum Gasteiger partial charge on any atom is -0.361 e. The van der Waals surface area contributed by atoms with Crippen molar-refractivity contribution in [2.24, 2.45) is 0 Å². The van der Waals surface area contributed by atoms with Gasteiger partial charge in [0.05, 0.1) is 11.4 Å². The van der Waals surface area contributed by atoms with E-state index in [2.05, 4.69) is 20.3 Å². The predicted octanol–water partition coefficient (Wildman–Crippen LogP) is 4.59. The molecule has 7 nitrogen and oxygen atoms in total. The van der Waals surface area contributed by atoms with Gasteiger partial charge in [0.15, 0.2) is 5.13 Å². The second-order valence-corrected chi connectivity index (χ2v) is 10.1. The van der Waals surface area contributed by atoms with Crippen LogP contribution in [0, 0.1) is 6.92 Å². The van der Waals surface area contributed by atoms with Gasteiger partial charge in [-0.25, -0.2) is 9.97 Å². The number of carbonyl (C=O) groups is 2. The van der Waals surface area contributed by atoms with Crippen molar-refractivity contribution >= 4 is 50.5 Å². The van der Waals surface area contributed by atoms with Gasteiger partial charge in [-0.1, -0.05) is 18.2 Å². The van der Waals surface area contributed by atoms with Crippen LogP contribution in [0.25, 0.3) is 10.9 Å². The number of piperidine rings is 1. The van der Waals surface area contributed by atoms with Crippen molar-refractivity contribution < 1.29 is 9.59 Å². The number of rotatable bonds is 5. The average Bonchev–Trinajstić information content (AvgIpc) is 3.54. The Hall–Kier alpha value is -3.04. The molecular weight excluding hydrogens is 442 g/mol. The third-order valence-corrected chi connectivity index (χ3v) is 7.65. The predicted molar refractivity (Wildman–Crippen MR) is 127 cm³/mol. The third kappa shape index (κ3) is 4.31. The lowest BCUT2D eigenvalue weighted by Gasteiger charge is -2.31. The van der Waals surface area contributed by atoms with E-state index < -0.39 is 0 Å². The summed E-state index contributed by atoms with van der Waals surface area (Å²) in [4.78, 5) is 40.3. The summed E-state index contributed by atoms with van der Waals surface area (Å²) in [6, 6.07) is 8.06. The summed E-state index contributed by atoms with van der Waals surface area (Å²) in [5.74, 6) is 0.208. The lowest BCUT2D eigenvalue weighted by Crippen LogP contribution is -2.38. The Morgan fingerprint density at radius 3 is 2.84 bits per heavy atom. The highest BCUT2D eigenvalue weighted by molar-refractivity contribution is 7.15. The highest BCUT2D eigenvalue weighted by atomic mass is 32.1. The summed E-state index contributed by atoms with van der Waals surface area (Å²) in [6.45, 7) is 3.38. The molecule has 9 heteroatoms. The second kappa shape index (κ2) is 8.84. The van der Waals surface area contributed by atoms with Crippen LogP contribution in [-0.4, -0.2) is 44.8 Å². The van der Waals surface area contributed by atoms with E-state index >= 15 is 0 Å². The van der Waals surface area contributed by atoms with Gasteiger partial charge in [0.25, 0.3) is 5.91 Å². The van der Waals surface area contributed by atoms with Gasteiger partial charge in [-0.15, -0.1) is 22.7 Å². The zero-order valence-electron chi connectivity index (χ0n) is 17.6. The minimum atomic E-state index is -0.229. The number of thiazole rings is 2. The highest BCUT2D eigenvalue weighted by Crippen LogP contribution is 2.31. The number of aryl methyl sites for hydroxylation is 1. The Bertz CT molecular complexity index is 1270. The molecule has 0 saturated carbocycles. The number of aromatic amines is 1. The zero-order valence-corrected chi connectivity index (χ0v) is 19.3. The van der Waals surface area contributed by atoms with Gasteiger partial charge in [0.2, 0.25) is 5.91 Å². The molecule has 4 aromatic rings. The van der Waals surface area contributed by atoms with Gasteiger partial charge in [-0.2, -0.15) is 0 Å². The molecule has 1 fully saturated rings. The van der Waals surface area contributed by atoms with Crippen molar-refractivity contribution in [3.05, 3.63) is 63.2 Å². The molecule has 0 spiro atoms. The molecule has 2 amide bonds. The van der Waals surface area contributed by atoms with Crippen LogP contribution in [0.15, 0.2) is 42.0 Å². The molecule has 0 aliphatic carbocycles. The van der Waals surface area contributed by atoms with Crippen LogP contribution in [0.5, 0.6) is 0 Å². The van der Waals surface area contributed by atoms with Crippen molar-refractivity contribution in [3.8, 4) is 0 Å². The smallest absolute Gasteiger partial charge is 0.276 e. The number of amides is 2. The van der Waals surface area contributed by atoms with Crippen LogP contribution in [0.2, 0.25) is 0 Å². The Labute approximate surface area is 193 Å². The van der Waals surface area contributed by atoms with E-state index in [1.165, 1.54) is 22.7 Å². The minimum absolute atomic E-state index is 0.158. The molecule has 0 radical (unpaired) electrons. The molecule has 5 rings (SSSR count). The van der Waals surface area contributed by atoms with Crippen LogP contribution >= 0.6 is 22.7 Å². The van der Waals surface area contributed by atoms with Crippen molar-refractivity contribution in [1.82, 2.24) is 19.9 Å². The van der Waals surface area contributed by atoms with Crippen LogP contribution in [-0.2, 0) is 11.2 Å². The molecule has 1 aliphatic rings. The van der Waals surface area contributed by atoms with Gasteiger partial charge in [-0.05, 0) is 31.4 Å². The number of para-hydroxylation sites is 1. The molecule has 1 saturated heterocycles. The first-order chi connectivity index (χ1) is 15.6. The number of anilines is 1. The fourth-order valence-corrected chi connectivity index (χ4v) is 5.71. The second-order valence-electron chi connectivity index (χ2n) is 7.99. The molecule has 0 unspecified atom stereocenters. The maximum atomic E-state index is 12.9. The molecule has 1 aliphatic heterocycles. The number of hydrogen-bond acceptors (Lipinski definition) is 6. The molecule has 0 bridgehead atoms. The molecule has 32 heavy (non-hydrogen) atoms. The van der Waals surface area contributed by atoms with Crippen LogP contribution in [0.3, 0.4) is 0 Å². The SMILES string of the molecule is Cc1cnc(NC(=O)c2csc(C3CCN(C(=O)Cc4c[nH]c5ccccc45)CC3)n2)s1. The maximum absolute atomic E-state index is 12.9. The summed E-state index contributed by atoms with van der Waals surface area (Å²) >= 11 is 2.96. The molecule has 0 atom stereocenters. The number of fused-ring (bicyclic) bond motifs is 1. The van der Waals surface area contributed by atoms with E-state index in [1.54, 1.807) is 11.6 Å². The Morgan fingerprint density at radius 1 is 1.25 bits per heavy atom. The largest absolute Gasteiger partial charge is 0.361 e. The molecule has 164 valence electrons. The first-order valence-electron chi connectivity index (χ1n) is 10.6. The van der Waals surface area contributed by atoms with Crippen molar-refractivity contribution in [3.63, 3.8) is 0 Å². The fraction of sp³-hybridized carbons (Fsp3) is 0.304. The van der Waals surface area contributed by atoms with E-state index in [0.29, 0.717) is 30.3 Å². The van der Waals surface area contributed by atoms with Gasteiger partial charge in [0, 0.05) is 52.6 Å². The van der Waals surface area contributed by atoms with E-state index in [0.717, 1.165) is 39.2 Å². The maximum Gasteiger partial charge on any atom is 0.276 e. The van der Waals surface area contributed by atoms with E-state index in [-0.39, 0.29) is 17.7 Å². The van der Waals surface area contributed by atoms with E-state index in [1.807, 2.05) is 42.3 Å². The normalized spacial score (nSPS) is 14.7. The summed E-state index contributed by atoms with van der Waals surface area (Å²) in [7, 11) is 0. The first kappa shape index (κ1) is 20.8. The number of likely N-dealkylation sites (tertiary alicyclic amines) is 1. The van der Waals surface area contributed by atoms with Crippen molar-refractivity contribution in [1.29, 1.82) is 0 Å². The summed E-state index contributed by atoms with van der Waals surface area (Å²) in [5.41, 5.74) is 2.53. The van der Waals surface area contributed by atoms with Gasteiger partial charge in [-0.3, -0.25) is 14.9 Å². The highest BCUT2D eigenvalue weighted by Gasteiger charge is 2.27. The average molecular weight is 466 g/mol. The molecule has 1 aromatic carbocycles. The monoisotopic (exact) mass is 465 g/mol. The van der Waals surface area contributed by atoms with Crippen LogP contribution < -0.4 is 5.32 Å². The molecule has 3 aromatic heterocycles. The molecular formula is C23H23N5O2S2. The quantitative estimate of drug-likeness (QED) is 0.451. The Morgan fingerprint density at radius 2 is 2.06 bits per heavy atom. The zero-order chi connectivity index (χ0) is 22.1. The Balaban J connectivity index is 1.17. The van der Waals surface area contributed by atoms with Crippen molar-refractivity contribution in [2.75, 3.05) is 18.4 Å².